The Morgan fingerprint density at radius 3 is 2.72 bits per heavy atom. The van der Waals surface area contributed by atoms with E-state index in [1.165, 1.54) is 0 Å². The van der Waals surface area contributed by atoms with Crippen LogP contribution in [0.2, 0.25) is 0 Å². The van der Waals surface area contributed by atoms with Crippen molar-refractivity contribution in [1.82, 2.24) is 4.98 Å². The number of rotatable bonds is 6. The molecule has 0 aromatic carbocycles. The lowest BCUT2D eigenvalue weighted by molar-refractivity contribution is -0.117. The molecule has 0 fully saturated rings. The normalized spacial score (nSPS) is 12.5. The van der Waals surface area contributed by atoms with Crippen LogP contribution < -0.4 is 11.1 Å². The maximum atomic E-state index is 11.8. The number of nitrogens with zero attached hydrogens (tertiary/aromatic N) is 1. The molecule has 1 amide bonds. The van der Waals surface area contributed by atoms with Gasteiger partial charge in [0, 0.05) is 17.1 Å². The number of anilines is 1. The van der Waals surface area contributed by atoms with Crippen molar-refractivity contribution in [2.45, 2.75) is 26.7 Å². The van der Waals surface area contributed by atoms with Crippen LogP contribution in [-0.2, 0) is 4.79 Å². The van der Waals surface area contributed by atoms with Crippen molar-refractivity contribution in [2.75, 3.05) is 11.9 Å². The molecule has 1 aromatic rings. The van der Waals surface area contributed by atoms with Gasteiger partial charge in [0.25, 0.3) is 0 Å². The van der Waals surface area contributed by atoms with Crippen molar-refractivity contribution in [3.63, 3.8) is 0 Å². The van der Waals surface area contributed by atoms with Crippen molar-refractivity contribution in [1.29, 1.82) is 0 Å². The molecule has 4 nitrogen and oxygen atoms in total. The molecular formula is C13H20BrN3O. The summed E-state index contributed by atoms with van der Waals surface area (Å²) in [5, 5.41) is 2.78. The zero-order valence-corrected chi connectivity index (χ0v) is 12.4. The summed E-state index contributed by atoms with van der Waals surface area (Å²) in [6.45, 7) is 4.81. The third-order valence-electron chi connectivity index (χ3n) is 2.61. The monoisotopic (exact) mass is 313 g/mol. The zero-order chi connectivity index (χ0) is 13.5. The zero-order valence-electron chi connectivity index (χ0n) is 10.8. The summed E-state index contributed by atoms with van der Waals surface area (Å²) < 4.78 is 0.889. The van der Waals surface area contributed by atoms with Crippen molar-refractivity contribution < 1.29 is 4.79 Å². The Bertz CT molecular complexity index is 378. The maximum Gasteiger partial charge on any atom is 0.225 e. The molecule has 18 heavy (non-hydrogen) atoms. The molecule has 0 saturated carbocycles. The van der Waals surface area contributed by atoms with Gasteiger partial charge >= 0.3 is 0 Å². The number of pyridine rings is 1. The molecular weight excluding hydrogens is 294 g/mol. The van der Waals surface area contributed by atoms with Crippen molar-refractivity contribution in [2.24, 2.45) is 17.6 Å². The lowest BCUT2D eigenvalue weighted by atomic mass is 9.94. The molecule has 0 bridgehead atoms. The summed E-state index contributed by atoms with van der Waals surface area (Å²) in [5.74, 6) is 1.34. The largest absolute Gasteiger partial charge is 0.330 e. The van der Waals surface area contributed by atoms with E-state index in [1.54, 1.807) is 12.3 Å². The van der Waals surface area contributed by atoms with E-state index in [2.05, 4.69) is 40.1 Å². The Kier molecular flexibility index (Phi) is 6.29. The number of carbonyl (C=O) groups excluding carboxylic acids is 1. The van der Waals surface area contributed by atoms with Gasteiger partial charge in [0.15, 0.2) is 0 Å². The van der Waals surface area contributed by atoms with Crippen LogP contribution in [0.5, 0.6) is 0 Å². The van der Waals surface area contributed by atoms with E-state index in [4.69, 9.17) is 5.73 Å². The molecule has 0 radical (unpaired) electrons. The molecule has 0 aliphatic heterocycles. The van der Waals surface area contributed by atoms with E-state index in [1.807, 2.05) is 6.07 Å². The fraction of sp³-hybridized carbons (Fsp3) is 0.538. The highest BCUT2D eigenvalue weighted by molar-refractivity contribution is 9.10. The highest BCUT2D eigenvalue weighted by atomic mass is 79.9. The Balaban J connectivity index is 2.47. The number of carbonyl (C=O) groups is 1. The Morgan fingerprint density at radius 1 is 1.50 bits per heavy atom. The minimum atomic E-state index is -0.0269. The number of nitrogens with two attached hydrogens (primary N) is 1. The highest BCUT2D eigenvalue weighted by Gasteiger charge is 2.14. The second kappa shape index (κ2) is 7.48. The van der Waals surface area contributed by atoms with Gasteiger partial charge in [-0.1, -0.05) is 13.8 Å². The van der Waals surface area contributed by atoms with Gasteiger partial charge in [-0.05, 0) is 52.9 Å². The van der Waals surface area contributed by atoms with Crippen molar-refractivity contribution in [3.05, 3.63) is 22.8 Å². The molecule has 0 saturated heterocycles. The van der Waals surface area contributed by atoms with Crippen LogP contribution in [0.15, 0.2) is 22.8 Å². The van der Waals surface area contributed by atoms with E-state index in [9.17, 15) is 4.79 Å². The number of nitrogens with one attached hydrogen (secondary N) is 1. The van der Waals surface area contributed by atoms with Gasteiger partial charge < -0.3 is 11.1 Å². The first-order valence-electron chi connectivity index (χ1n) is 6.12. The van der Waals surface area contributed by atoms with E-state index in [-0.39, 0.29) is 11.8 Å². The summed E-state index contributed by atoms with van der Waals surface area (Å²) in [6.07, 6.45) is 3.08. The van der Waals surface area contributed by atoms with Crippen molar-refractivity contribution in [3.8, 4) is 0 Å². The number of aromatic nitrogens is 1. The molecule has 0 aliphatic carbocycles. The summed E-state index contributed by atoms with van der Waals surface area (Å²) >= 11 is 3.30. The number of hydrogen-bond acceptors (Lipinski definition) is 3. The first-order chi connectivity index (χ1) is 8.51. The second-order valence-electron chi connectivity index (χ2n) is 4.85. The topological polar surface area (TPSA) is 68.0 Å². The van der Waals surface area contributed by atoms with E-state index in [0.29, 0.717) is 24.7 Å². The smallest absolute Gasteiger partial charge is 0.225 e. The molecule has 1 atom stereocenters. The average Bonchev–Trinajstić information content (AvgIpc) is 2.30. The van der Waals surface area contributed by atoms with Crippen LogP contribution in [0.25, 0.3) is 0 Å². The third kappa shape index (κ3) is 5.60. The molecule has 0 spiro atoms. The summed E-state index contributed by atoms with van der Waals surface area (Å²) in [4.78, 5) is 15.9. The van der Waals surface area contributed by atoms with E-state index >= 15 is 0 Å². The highest BCUT2D eigenvalue weighted by Crippen LogP contribution is 2.16. The summed E-state index contributed by atoms with van der Waals surface area (Å²) in [5.41, 5.74) is 5.68. The average molecular weight is 314 g/mol. The Labute approximate surface area is 116 Å². The molecule has 100 valence electrons. The van der Waals surface area contributed by atoms with Gasteiger partial charge in [-0.2, -0.15) is 0 Å². The minimum Gasteiger partial charge on any atom is -0.330 e. The van der Waals surface area contributed by atoms with Gasteiger partial charge in [0.05, 0.1) is 0 Å². The lowest BCUT2D eigenvalue weighted by Crippen LogP contribution is -2.23. The molecule has 0 unspecified atom stereocenters. The predicted octanol–water partition coefficient (Wildman–Crippen LogP) is 2.79. The van der Waals surface area contributed by atoms with Crippen LogP contribution >= 0.6 is 15.9 Å². The van der Waals surface area contributed by atoms with E-state index < -0.39 is 0 Å². The SMILES string of the molecule is CC(C)C[C@H](CN)CC(=O)Nc1ccc(Br)cn1. The Hall–Kier alpha value is -0.940. The van der Waals surface area contributed by atoms with Crippen LogP contribution in [0.4, 0.5) is 5.82 Å². The van der Waals surface area contributed by atoms with Crippen LogP contribution in [0, 0.1) is 11.8 Å². The molecule has 5 heteroatoms. The molecule has 0 aliphatic rings. The van der Waals surface area contributed by atoms with Gasteiger partial charge in [0.2, 0.25) is 5.91 Å². The van der Waals surface area contributed by atoms with E-state index in [0.717, 1.165) is 10.9 Å². The molecule has 1 heterocycles. The Morgan fingerprint density at radius 2 is 2.22 bits per heavy atom. The second-order valence-corrected chi connectivity index (χ2v) is 5.76. The molecule has 1 rings (SSSR count). The lowest BCUT2D eigenvalue weighted by Gasteiger charge is -2.16. The fourth-order valence-electron chi connectivity index (χ4n) is 1.84. The third-order valence-corrected chi connectivity index (χ3v) is 3.08. The number of hydrogen-bond donors (Lipinski definition) is 2. The van der Waals surface area contributed by atoms with Gasteiger partial charge in [-0.15, -0.1) is 0 Å². The first-order valence-corrected chi connectivity index (χ1v) is 6.92. The summed E-state index contributed by atoms with van der Waals surface area (Å²) in [7, 11) is 0. The predicted molar refractivity (Wildman–Crippen MR) is 77.2 cm³/mol. The van der Waals surface area contributed by atoms with Crippen molar-refractivity contribution >= 4 is 27.7 Å². The minimum absolute atomic E-state index is 0.0269. The molecule has 1 aromatic heterocycles. The van der Waals surface area contributed by atoms with Gasteiger partial charge in [-0.3, -0.25) is 4.79 Å². The first kappa shape index (κ1) is 15.1. The maximum absolute atomic E-state index is 11.8. The van der Waals surface area contributed by atoms with Crippen LogP contribution in [-0.4, -0.2) is 17.4 Å². The standard InChI is InChI=1S/C13H20BrN3O/c1-9(2)5-10(7-15)6-13(18)17-12-4-3-11(14)8-16-12/h3-4,8-10H,5-7,15H2,1-2H3,(H,16,17,18)/t10-/m0/s1. The van der Waals surface area contributed by atoms with Crippen LogP contribution in [0.1, 0.15) is 26.7 Å². The van der Waals surface area contributed by atoms with Gasteiger partial charge in [0.1, 0.15) is 5.82 Å². The number of halogens is 1. The van der Waals surface area contributed by atoms with Gasteiger partial charge in [-0.25, -0.2) is 4.98 Å². The number of amides is 1. The fourth-order valence-corrected chi connectivity index (χ4v) is 2.07. The van der Waals surface area contributed by atoms with Crippen LogP contribution in [0.3, 0.4) is 0 Å². The molecule has 3 N–H and O–H groups in total. The quantitative estimate of drug-likeness (QED) is 0.848. The summed E-state index contributed by atoms with van der Waals surface area (Å²) in [6, 6.07) is 3.61.